The number of Topliss-reactive ketones (excluding diaryl/α,β-unsaturated/α-hetero) is 1. The second-order valence-corrected chi connectivity index (χ2v) is 6.30. The van der Waals surface area contributed by atoms with Crippen LogP contribution in [0.3, 0.4) is 0 Å². The molecular formula is C15H14ClNO3S. The summed E-state index contributed by atoms with van der Waals surface area (Å²) in [6.07, 6.45) is 3.51. The van der Waals surface area contributed by atoms with E-state index in [0.717, 1.165) is 17.7 Å². The molecule has 1 atom stereocenters. The lowest BCUT2D eigenvalue weighted by Gasteiger charge is -2.23. The van der Waals surface area contributed by atoms with Crippen LogP contribution in [-0.2, 0) is 0 Å². The van der Waals surface area contributed by atoms with Crippen molar-refractivity contribution in [2.45, 2.75) is 25.3 Å². The first kappa shape index (κ1) is 14.4. The number of nitrogens with zero attached hydrogens (tertiary/aromatic N) is 1. The number of carbonyl (C=O) groups excluding carboxylic acids is 2. The summed E-state index contributed by atoms with van der Waals surface area (Å²) in [4.78, 5) is 27.2. The van der Waals surface area contributed by atoms with Gasteiger partial charge in [-0.15, -0.1) is 11.3 Å². The fourth-order valence-electron chi connectivity index (χ4n) is 2.67. The van der Waals surface area contributed by atoms with E-state index in [-0.39, 0.29) is 23.0 Å². The molecule has 1 fully saturated rings. The van der Waals surface area contributed by atoms with Crippen LogP contribution in [0.5, 0.6) is 0 Å². The van der Waals surface area contributed by atoms with E-state index in [1.54, 1.807) is 11.0 Å². The third-order valence-electron chi connectivity index (χ3n) is 3.70. The van der Waals surface area contributed by atoms with Gasteiger partial charge in [-0.3, -0.25) is 9.59 Å². The molecule has 0 radical (unpaired) electrons. The first-order chi connectivity index (χ1) is 10.2. The Bertz CT molecular complexity index is 650. The summed E-state index contributed by atoms with van der Waals surface area (Å²) in [5, 5.41) is 1.99. The average Bonchev–Trinajstić information content (AvgIpc) is 3.19. The van der Waals surface area contributed by atoms with Crippen LogP contribution in [-0.4, -0.2) is 29.2 Å². The topological polar surface area (TPSA) is 50.5 Å². The van der Waals surface area contributed by atoms with E-state index in [4.69, 9.17) is 16.0 Å². The summed E-state index contributed by atoms with van der Waals surface area (Å²) in [7, 11) is 0. The van der Waals surface area contributed by atoms with Gasteiger partial charge >= 0.3 is 0 Å². The van der Waals surface area contributed by atoms with Crippen molar-refractivity contribution in [2.75, 3.05) is 6.54 Å². The predicted molar refractivity (Wildman–Crippen MR) is 81.0 cm³/mol. The first-order valence-electron chi connectivity index (χ1n) is 6.77. The lowest BCUT2D eigenvalue weighted by molar-refractivity contribution is 0.0717. The van der Waals surface area contributed by atoms with Gasteiger partial charge in [0.1, 0.15) is 0 Å². The number of carbonyl (C=O) groups is 2. The van der Waals surface area contributed by atoms with E-state index >= 15 is 0 Å². The molecule has 2 aromatic heterocycles. The molecule has 3 heterocycles. The molecule has 1 aliphatic heterocycles. The van der Waals surface area contributed by atoms with Crippen molar-refractivity contribution < 1.29 is 14.0 Å². The van der Waals surface area contributed by atoms with E-state index in [2.05, 4.69) is 0 Å². The minimum atomic E-state index is -0.157. The Morgan fingerprint density at radius 2 is 2.29 bits per heavy atom. The molecule has 0 N–H and O–H groups in total. The molecule has 6 heteroatoms. The van der Waals surface area contributed by atoms with Crippen molar-refractivity contribution in [3.63, 3.8) is 0 Å². The predicted octanol–water partition coefficient (Wildman–Crippen LogP) is 3.87. The highest BCUT2D eigenvalue weighted by Crippen LogP contribution is 2.27. The highest BCUT2D eigenvalue weighted by molar-refractivity contribution is 7.12. The number of rotatable bonds is 4. The van der Waals surface area contributed by atoms with Crippen molar-refractivity contribution in [1.82, 2.24) is 4.90 Å². The quantitative estimate of drug-likeness (QED) is 0.802. The molecule has 1 amide bonds. The van der Waals surface area contributed by atoms with Crippen LogP contribution in [0.2, 0.25) is 5.22 Å². The molecule has 0 aliphatic carbocycles. The smallest absolute Gasteiger partial charge is 0.258 e. The van der Waals surface area contributed by atoms with Crippen LogP contribution in [0, 0.1) is 0 Å². The molecule has 1 aliphatic rings. The van der Waals surface area contributed by atoms with Crippen LogP contribution >= 0.6 is 22.9 Å². The molecule has 0 spiro atoms. The summed E-state index contributed by atoms with van der Waals surface area (Å²) >= 11 is 7.30. The minimum Gasteiger partial charge on any atom is -0.452 e. The van der Waals surface area contributed by atoms with Crippen LogP contribution in [0.4, 0.5) is 0 Å². The van der Waals surface area contributed by atoms with Crippen molar-refractivity contribution in [3.8, 4) is 0 Å². The molecule has 4 nitrogen and oxygen atoms in total. The fourth-order valence-corrected chi connectivity index (χ4v) is 3.54. The minimum absolute atomic E-state index is 0.0573. The highest BCUT2D eigenvalue weighted by Gasteiger charge is 2.32. The molecular weight excluding hydrogens is 310 g/mol. The van der Waals surface area contributed by atoms with Gasteiger partial charge in [-0.05, 0) is 42.0 Å². The Labute approximate surface area is 131 Å². The summed E-state index contributed by atoms with van der Waals surface area (Å²) in [6, 6.07) is 5.20. The van der Waals surface area contributed by atoms with Crippen molar-refractivity contribution in [3.05, 3.63) is 45.5 Å². The SMILES string of the molecule is O=C(CC1CCCN1C(=O)c1ccoc1Cl)c1cccs1. The Kier molecular flexibility index (Phi) is 4.12. The van der Waals surface area contributed by atoms with Gasteiger partial charge in [-0.1, -0.05) is 6.07 Å². The molecule has 3 rings (SSSR count). The third kappa shape index (κ3) is 2.89. The average molecular weight is 324 g/mol. The molecule has 0 bridgehead atoms. The molecule has 2 aromatic rings. The first-order valence-corrected chi connectivity index (χ1v) is 8.03. The van der Waals surface area contributed by atoms with Gasteiger partial charge in [-0.25, -0.2) is 0 Å². The van der Waals surface area contributed by atoms with Crippen molar-refractivity contribution in [1.29, 1.82) is 0 Å². The van der Waals surface area contributed by atoms with E-state index in [1.165, 1.54) is 17.6 Å². The lowest BCUT2D eigenvalue weighted by Crippen LogP contribution is -2.36. The summed E-state index contributed by atoms with van der Waals surface area (Å²) in [5.74, 6) is -0.0665. The number of furan rings is 1. The zero-order valence-corrected chi connectivity index (χ0v) is 12.8. The Morgan fingerprint density at radius 3 is 2.95 bits per heavy atom. The molecule has 0 aromatic carbocycles. The molecule has 1 unspecified atom stereocenters. The van der Waals surface area contributed by atoms with Crippen LogP contribution < -0.4 is 0 Å². The number of thiophene rings is 1. The Balaban J connectivity index is 1.72. The van der Waals surface area contributed by atoms with Gasteiger partial charge in [0, 0.05) is 19.0 Å². The maximum Gasteiger partial charge on any atom is 0.258 e. The van der Waals surface area contributed by atoms with Gasteiger partial charge in [-0.2, -0.15) is 0 Å². The van der Waals surface area contributed by atoms with E-state index < -0.39 is 0 Å². The Hall–Kier alpha value is -1.59. The number of likely N-dealkylation sites (tertiary alicyclic amines) is 1. The van der Waals surface area contributed by atoms with Crippen LogP contribution in [0.1, 0.15) is 39.3 Å². The molecule has 110 valence electrons. The monoisotopic (exact) mass is 323 g/mol. The van der Waals surface area contributed by atoms with Crippen molar-refractivity contribution in [2.24, 2.45) is 0 Å². The maximum absolute atomic E-state index is 12.5. The number of hydrogen-bond donors (Lipinski definition) is 0. The zero-order valence-electron chi connectivity index (χ0n) is 11.3. The van der Waals surface area contributed by atoms with Crippen molar-refractivity contribution >= 4 is 34.6 Å². The normalized spacial score (nSPS) is 18.1. The second-order valence-electron chi connectivity index (χ2n) is 5.01. The number of ketones is 1. The number of hydrogen-bond acceptors (Lipinski definition) is 4. The summed E-state index contributed by atoms with van der Waals surface area (Å²) in [6.45, 7) is 0.655. The second kappa shape index (κ2) is 6.03. The standard InChI is InChI=1S/C15H14ClNO3S/c16-14-11(5-7-20-14)15(19)17-6-1-3-10(17)9-12(18)13-4-2-8-21-13/h2,4-5,7-8,10H,1,3,6,9H2. The largest absolute Gasteiger partial charge is 0.452 e. The van der Waals surface area contributed by atoms with E-state index in [0.29, 0.717) is 18.5 Å². The third-order valence-corrected chi connectivity index (χ3v) is 4.91. The fraction of sp³-hybridized carbons (Fsp3) is 0.333. The number of amides is 1. The molecule has 1 saturated heterocycles. The molecule has 0 saturated carbocycles. The van der Waals surface area contributed by atoms with Gasteiger partial charge < -0.3 is 9.32 Å². The summed E-state index contributed by atoms with van der Waals surface area (Å²) < 4.78 is 4.97. The molecule has 21 heavy (non-hydrogen) atoms. The van der Waals surface area contributed by atoms with Gasteiger partial charge in [0.25, 0.3) is 5.91 Å². The van der Waals surface area contributed by atoms with Gasteiger partial charge in [0.2, 0.25) is 5.22 Å². The van der Waals surface area contributed by atoms with Gasteiger partial charge in [0.15, 0.2) is 5.78 Å². The van der Waals surface area contributed by atoms with Gasteiger partial charge in [0.05, 0.1) is 16.7 Å². The zero-order chi connectivity index (χ0) is 14.8. The summed E-state index contributed by atoms with van der Waals surface area (Å²) in [5.41, 5.74) is 0.368. The Morgan fingerprint density at radius 1 is 1.43 bits per heavy atom. The highest BCUT2D eigenvalue weighted by atomic mass is 35.5. The van der Waals surface area contributed by atoms with Crippen LogP contribution in [0.15, 0.2) is 34.3 Å². The lowest BCUT2D eigenvalue weighted by atomic mass is 10.1. The van der Waals surface area contributed by atoms with E-state index in [1.807, 2.05) is 17.5 Å². The maximum atomic E-state index is 12.5. The van der Waals surface area contributed by atoms with Crippen LogP contribution in [0.25, 0.3) is 0 Å². The van der Waals surface area contributed by atoms with E-state index in [9.17, 15) is 9.59 Å². The number of halogens is 1.